The van der Waals surface area contributed by atoms with E-state index in [9.17, 15) is 14.0 Å². The zero-order valence-corrected chi connectivity index (χ0v) is 12.3. The van der Waals surface area contributed by atoms with Crippen LogP contribution in [0, 0.1) is 5.82 Å². The Morgan fingerprint density at radius 1 is 1.13 bits per heavy atom. The maximum atomic E-state index is 13.3. The highest BCUT2D eigenvalue weighted by atomic mass is 19.1. The van der Waals surface area contributed by atoms with Crippen molar-refractivity contribution in [3.63, 3.8) is 0 Å². The zero-order chi connectivity index (χ0) is 16.2. The average molecular weight is 313 g/mol. The molecule has 2 aromatic rings. The van der Waals surface area contributed by atoms with Gasteiger partial charge in [-0.25, -0.2) is 9.18 Å². The molecule has 118 valence electrons. The number of para-hydroxylation sites is 1. The van der Waals surface area contributed by atoms with Crippen LogP contribution >= 0.6 is 0 Å². The molecule has 1 atom stereocenters. The van der Waals surface area contributed by atoms with Crippen LogP contribution in [0.25, 0.3) is 0 Å². The van der Waals surface area contributed by atoms with E-state index in [1.807, 2.05) is 18.2 Å². The van der Waals surface area contributed by atoms with Crippen LogP contribution < -0.4 is 15.5 Å². The van der Waals surface area contributed by atoms with Crippen molar-refractivity contribution in [3.05, 3.63) is 60.4 Å². The number of anilines is 2. The van der Waals surface area contributed by atoms with Crippen LogP contribution in [0.4, 0.5) is 20.6 Å². The maximum absolute atomic E-state index is 13.3. The highest BCUT2D eigenvalue weighted by Crippen LogP contribution is 2.22. The summed E-state index contributed by atoms with van der Waals surface area (Å²) in [6.45, 7) is 0.324. The number of halogens is 1. The summed E-state index contributed by atoms with van der Waals surface area (Å²) in [7, 11) is 0. The third-order valence-electron chi connectivity index (χ3n) is 3.61. The second-order valence-corrected chi connectivity index (χ2v) is 5.35. The molecule has 1 heterocycles. The number of rotatable bonds is 3. The molecule has 1 fully saturated rings. The first-order valence-electron chi connectivity index (χ1n) is 7.30. The van der Waals surface area contributed by atoms with Gasteiger partial charge in [0.15, 0.2) is 0 Å². The Morgan fingerprint density at radius 2 is 1.91 bits per heavy atom. The lowest BCUT2D eigenvalue weighted by Gasteiger charge is -2.17. The van der Waals surface area contributed by atoms with Crippen LogP contribution in [0.15, 0.2) is 54.6 Å². The van der Waals surface area contributed by atoms with Crippen molar-refractivity contribution in [1.82, 2.24) is 5.32 Å². The fraction of sp³-hybridized carbons (Fsp3) is 0.176. The lowest BCUT2D eigenvalue weighted by molar-refractivity contribution is -0.117. The van der Waals surface area contributed by atoms with Crippen LogP contribution in [0.3, 0.4) is 0 Å². The number of carbonyl (C=O) groups is 2. The number of hydrogen-bond donors (Lipinski definition) is 2. The van der Waals surface area contributed by atoms with Crippen molar-refractivity contribution in [1.29, 1.82) is 0 Å². The molecule has 0 bridgehead atoms. The average Bonchev–Trinajstić information content (AvgIpc) is 2.88. The first kappa shape index (κ1) is 15.0. The van der Waals surface area contributed by atoms with Crippen molar-refractivity contribution in [3.8, 4) is 0 Å². The van der Waals surface area contributed by atoms with Gasteiger partial charge in [-0.3, -0.25) is 4.79 Å². The Balaban J connectivity index is 1.60. The Kier molecular flexibility index (Phi) is 4.23. The normalized spacial score (nSPS) is 17.2. The highest BCUT2D eigenvalue weighted by Gasteiger charge is 2.31. The standard InChI is InChI=1S/C17H16FN3O2/c18-12-5-4-8-15(9-12)21-11-14(10-16(21)22)20-17(23)19-13-6-2-1-3-7-13/h1-9,14H,10-11H2,(H2,19,20,23)/t14-/m0/s1. The third-order valence-corrected chi connectivity index (χ3v) is 3.61. The molecule has 0 aromatic heterocycles. The molecule has 23 heavy (non-hydrogen) atoms. The fourth-order valence-corrected chi connectivity index (χ4v) is 2.57. The molecule has 1 aliphatic rings. The Hall–Kier alpha value is -2.89. The third kappa shape index (κ3) is 3.66. The van der Waals surface area contributed by atoms with Crippen LogP contribution in [0.5, 0.6) is 0 Å². The fourth-order valence-electron chi connectivity index (χ4n) is 2.57. The molecular weight excluding hydrogens is 297 g/mol. The number of nitrogens with one attached hydrogen (secondary N) is 2. The summed E-state index contributed by atoms with van der Waals surface area (Å²) in [6, 6.07) is 14.2. The molecular formula is C17H16FN3O2. The lowest BCUT2D eigenvalue weighted by Crippen LogP contribution is -2.39. The van der Waals surface area contributed by atoms with Gasteiger partial charge in [0, 0.05) is 24.3 Å². The van der Waals surface area contributed by atoms with Gasteiger partial charge < -0.3 is 15.5 Å². The number of nitrogens with zero attached hydrogens (tertiary/aromatic N) is 1. The molecule has 6 heteroatoms. The van der Waals surface area contributed by atoms with Crippen molar-refractivity contribution in [2.75, 3.05) is 16.8 Å². The largest absolute Gasteiger partial charge is 0.333 e. The van der Waals surface area contributed by atoms with E-state index >= 15 is 0 Å². The SMILES string of the molecule is O=C(Nc1ccccc1)N[C@H]1CC(=O)N(c2cccc(F)c2)C1. The number of benzene rings is 2. The quantitative estimate of drug-likeness (QED) is 0.915. The molecule has 2 aromatic carbocycles. The van der Waals surface area contributed by atoms with E-state index in [0.717, 1.165) is 0 Å². The van der Waals surface area contributed by atoms with Crippen molar-refractivity contribution in [2.24, 2.45) is 0 Å². The Labute approximate surface area is 133 Å². The minimum absolute atomic E-state index is 0.138. The number of amides is 3. The van der Waals surface area contributed by atoms with Crippen LogP contribution in [-0.2, 0) is 4.79 Å². The minimum Gasteiger partial charge on any atom is -0.333 e. The molecule has 0 aliphatic carbocycles. The lowest BCUT2D eigenvalue weighted by atomic mass is 10.2. The second kappa shape index (κ2) is 6.48. The number of urea groups is 1. The second-order valence-electron chi connectivity index (χ2n) is 5.35. The van der Waals surface area contributed by atoms with E-state index in [2.05, 4.69) is 10.6 Å². The van der Waals surface area contributed by atoms with Gasteiger partial charge in [0.1, 0.15) is 5.82 Å². The van der Waals surface area contributed by atoms with Crippen molar-refractivity contribution >= 4 is 23.3 Å². The van der Waals surface area contributed by atoms with E-state index in [0.29, 0.717) is 17.9 Å². The molecule has 0 saturated carbocycles. The van der Waals surface area contributed by atoms with Crippen LogP contribution in [0.1, 0.15) is 6.42 Å². The van der Waals surface area contributed by atoms with E-state index < -0.39 is 5.82 Å². The molecule has 3 rings (SSSR count). The summed E-state index contributed by atoms with van der Waals surface area (Å²) < 4.78 is 13.3. The predicted molar refractivity (Wildman–Crippen MR) is 85.8 cm³/mol. The monoisotopic (exact) mass is 313 g/mol. The smallest absolute Gasteiger partial charge is 0.319 e. The zero-order valence-electron chi connectivity index (χ0n) is 12.3. The summed E-state index contributed by atoms with van der Waals surface area (Å²) in [6.07, 6.45) is 0.193. The molecule has 1 saturated heterocycles. The predicted octanol–water partition coefficient (Wildman–Crippen LogP) is 2.75. The molecule has 2 N–H and O–H groups in total. The highest BCUT2D eigenvalue weighted by molar-refractivity contribution is 5.97. The van der Waals surface area contributed by atoms with Crippen LogP contribution in [0.2, 0.25) is 0 Å². The number of carbonyl (C=O) groups excluding carboxylic acids is 2. The van der Waals surface area contributed by atoms with Crippen molar-refractivity contribution in [2.45, 2.75) is 12.5 Å². The van der Waals surface area contributed by atoms with Gasteiger partial charge in [0.2, 0.25) is 5.91 Å². The van der Waals surface area contributed by atoms with Crippen LogP contribution in [-0.4, -0.2) is 24.5 Å². The summed E-state index contributed by atoms with van der Waals surface area (Å²) in [5, 5.41) is 5.47. The Morgan fingerprint density at radius 3 is 2.65 bits per heavy atom. The van der Waals surface area contributed by atoms with Gasteiger partial charge in [-0.2, -0.15) is 0 Å². The van der Waals surface area contributed by atoms with Gasteiger partial charge >= 0.3 is 6.03 Å². The van der Waals surface area contributed by atoms with E-state index in [1.54, 1.807) is 24.3 Å². The summed E-state index contributed by atoms with van der Waals surface area (Å²) >= 11 is 0. The topological polar surface area (TPSA) is 61.4 Å². The van der Waals surface area contributed by atoms with Gasteiger partial charge in [-0.05, 0) is 30.3 Å². The summed E-state index contributed by atoms with van der Waals surface area (Å²) in [5.74, 6) is -0.533. The van der Waals surface area contributed by atoms with E-state index in [4.69, 9.17) is 0 Å². The van der Waals surface area contributed by atoms with Gasteiger partial charge in [0.25, 0.3) is 0 Å². The van der Waals surface area contributed by atoms with Gasteiger partial charge in [-0.15, -0.1) is 0 Å². The molecule has 0 radical (unpaired) electrons. The van der Waals surface area contributed by atoms with Gasteiger partial charge in [0.05, 0.1) is 6.04 Å². The summed E-state index contributed by atoms with van der Waals surface area (Å²) in [5.41, 5.74) is 1.18. The number of hydrogen-bond acceptors (Lipinski definition) is 2. The first-order chi connectivity index (χ1) is 11.1. The van der Waals surface area contributed by atoms with Gasteiger partial charge in [-0.1, -0.05) is 24.3 Å². The molecule has 0 unspecified atom stereocenters. The minimum atomic E-state index is -0.395. The summed E-state index contributed by atoms with van der Waals surface area (Å²) in [4.78, 5) is 25.5. The van der Waals surface area contributed by atoms with Crippen molar-refractivity contribution < 1.29 is 14.0 Å². The molecule has 1 aliphatic heterocycles. The maximum Gasteiger partial charge on any atom is 0.319 e. The molecule has 3 amide bonds. The molecule has 5 nitrogen and oxygen atoms in total. The Bertz CT molecular complexity index is 721. The van der Waals surface area contributed by atoms with E-state index in [-0.39, 0.29) is 24.4 Å². The molecule has 0 spiro atoms. The first-order valence-corrected chi connectivity index (χ1v) is 7.30. The van der Waals surface area contributed by atoms with E-state index in [1.165, 1.54) is 17.0 Å².